The minimum atomic E-state index is -0.254. The molecule has 1 aromatic heterocycles. The summed E-state index contributed by atoms with van der Waals surface area (Å²) >= 11 is 1.68. The summed E-state index contributed by atoms with van der Waals surface area (Å²) < 4.78 is 8.38. The monoisotopic (exact) mass is 685 g/mol. The molecule has 0 atom stereocenters. The SMILES string of the molecule is CCCCCCCCCCCCCCCCOc1ccc(NC(=O)Nc2ccc(C[n+]3ccsc3)cc2)cc1C(C)(C)C.[Br-]. The van der Waals surface area contributed by atoms with Crippen LogP contribution in [0.15, 0.2) is 59.6 Å². The highest BCUT2D eigenvalue weighted by molar-refractivity contribution is 7.07. The van der Waals surface area contributed by atoms with Crippen LogP contribution < -0.4 is 36.9 Å². The highest BCUT2D eigenvalue weighted by Gasteiger charge is 2.20. The molecule has 3 rings (SSSR count). The van der Waals surface area contributed by atoms with Crippen LogP contribution in [-0.4, -0.2) is 12.6 Å². The average Bonchev–Trinajstić information content (AvgIpc) is 3.49. The van der Waals surface area contributed by atoms with Crippen molar-refractivity contribution in [2.24, 2.45) is 0 Å². The predicted octanol–water partition coefficient (Wildman–Crippen LogP) is 7.89. The fourth-order valence-corrected chi connectivity index (χ4v) is 5.95. The van der Waals surface area contributed by atoms with Crippen LogP contribution in [0.2, 0.25) is 0 Å². The van der Waals surface area contributed by atoms with Crippen molar-refractivity contribution in [1.82, 2.24) is 0 Å². The summed E-state index contributed by atoms with van der Waals surface area (Å²) in [5.41, 5.74) is 5.80. The van der Waals surface area contributed by atoms with Gasteiger partial charge >= 0.3 is 6.03 Å². The van der Waals surface area contributed by atoms with Crippen molar-refractivity contribution in [2.75, 3.05) is 17.2 Å². The van der Waals surface area contributed by atoms with Crippen LogP contribution in [0.1, 0.15) is 129 Å². The molecule has 7 heteroatoms. The standard InChI is InChI=1S/C37H55N3O2S.BrH/c1-5-6-7-8-9-10-11-12-13-14-15-16-17-18-26-42-35-24-23-33(28-34(35)37(2,3)4)39-36(41)38-32-21-19-31(20-22-32)29-40-25-27-43-30-40;/h19-25,27-28,30H,5-18,26,29H2,1-4H3,(H-,38,39,41);1H. The van der Waals surface area contributed by atoms with Gasteiger partial charge in [0.25, 0.3) is 0 Å². The number of benzene rings is 2. The number of unbranched alkanes of at least 4 members (excludes halogenated alkanes) is 13. The van der Waals surface area contributed by atoms with Gasteiger partial charge in [-0.3, -0.25) is 0 Å². The van der Waals surface area contributed by atoms with E-state index in [0.29, 0.717) is 0 Å². The van der Waals surface area contributed by atoms with Gasteiger partial charge in [0.1, 0.15) is 5.75 Å². The smallest absolute Gasteiger partial charge is 0.323 e. The van der Waals surface area contributed by atoms with E-state index >= 15 is 0 Å². The van der Waals surface area contributed by atoms with Gasteiger partial charge in [0.05, 0.1) is 12.0 Å². The zero-order valence-corrected chi connectivity index (χ0v) is 30.0. The molecule has 2 aromatic carbocycles. The van der Waals surface area contributed by atoms with E-state index in [0.717, 1.165) is 42.3 Å². The van der Waals surface area contributed by atoms with Crippen molar-refractivity contribution in [3.05, 3.63) is 70.7 Å². The summed E-state index contributed by atoms with van der Waals surface area (Å²) in [6, 6.07) is 13.7. The summed E-state index contributed by atoms with van der Waals surface area (Å²) in [6.45, 7) is 10.4. The normalized spacial score (nSPS) is 11.2. The lowest BCUT2D eigenvalue weighted by molar-refractivity contribution is -0.683. The lowest BCUT2D eigenvalue weighted by Gasteiger charge is -2.24. The van der Waals surface area contributed by atoms with Crippen LogP contribution >= 0.6 is 11.3 Å². The molecular formula is C37H56BrN3O2S. The van der Waals surface area contributed by atoms with Crippen LogP contribution in [-0.2, 0) is 12.0 Å². The van der Waals surface area contributed by atoms with Gasteiger partial charge in [-0.15, -0.1) is 0 Å². The Kier molecular flexibility index (Phi) is 18.4. The Morgan fingerprint density at radius 3 is 1.86 bits per heavy atom. The Morgan fingerprint density at radius 2 is 1.32 bits per heavy atom. The van der Waals surface area contributed by atoms with Crippen molar-refractivity contribution >= 4 is 28.7 Å². The molecule has 0 fully saturated rings. The summed E-state index contributed by atoms with van der Waals surface area (Å²) in [5, 5.41) is 8.00. The molecule has 2 amide bonds. The van der Waals surface area contributed by atoms with Gasteiger partial charge in [0.2, 0.25) is 5.51 Å². The molecule has 0 saturated heterocycles. The molecule has 5 nitrogen and oxygen atoms in total. The molecule has 2 N–H and O–H groups in total. The number of anilines is 2. The number of hydrogen-bond donors (Lipinski definition) is 2. The maximum absolute atomic E-state index is 12.7. The Bertz CT molecular complexity index is 1180. The number of thiazole rings is 1. The fraction of sp³-hybridized carbons (Fsp3) is 0.568. The fourth-order valence-electron chi connectivity index (χ4n) is 5.35. The molecule has 3 aromatic rings. The molecule has 0 saturated carbocycles. The van der Waals surface area contributed by atoms with Crippen LogP contribution in [0.25, 0.3) is 0 Å². The summed E-state index contributed by atoms with van der Waals surface area (Å²) in [6.07, 6.45) is 21.0. The van der Waals surface area contributed by atoms with Crippen LogP contribution in [0.3, 0.4) is 0 Å². The highest BCUT2D eigenvalue weighted by atomic mass is 79.9. The number of nitrogens with one attached hydrogen (secondary N) is 2. The molecular weight excluding hydrogens is 630 g/mol. The Balaban J connectivity index is 0.00000675. The number of hydrogen-bond acceptors (Lipinski definition) is 3. The van der Waals surface area contributed by atoms with Gasteiger partial charge in [-0.1, -0.05) is 135 Å². The van der Waals surface area contributed by atoms with Gasteiger partial charge in [-0.05, 0) is 42.2 Å². The van der Waals surface area contributed by atoms with E-state index in [4.69, 9.17) is 4.74 Å². The van der Waals surface area contributed by atoms with Gasteiger partial charge < -0.3 is 32.4 Å². The van der Waals surface area contributed by atoms with Crippen molar-refractivity contribution in [3.63, 3.8) is 0 Å². The first-order valence-electron chi connectivity index (χ1n) is 16.7. The molecule has 0 aliphatic carbocycles. The number of nitrogens with zero attached hydrogens (tertiary/aromatic N) is 1. The lowest BCUT2D eigenvalue weighted by Crippen LogP contribution is -3.00. The molecule has 1 heterocycles. The number of rotatable bonds is 20. The summed E-state index contributed by atoms with van der Waals surface area (Å²) in [5.74, 6) is 0.909. The summed E-state index contributed by atoms with van der Waals surface area (Å²) in [7, 11) is 0. The molecule has 0 spiro atoms. The van der Waals surface area contributed by atoms with Gasteiger partial charge in [-0.25, -0.2) is 4.79 Å². The zero-order chi connectivity index (χ0) is 30.8. The first-order valence-corrected chi connectivity index (χ1v) is 17.6. The second-order valence-electron chi connectivity index (χ2n) is 12.9. The Morgan fingerprint density at radius 1 is 0.773 bits per heavy atom. The van der Waals surface area contributed by atoms with Gasteiger partial charge in [-0.2, -0.15) is 4.57 Å². The largest absolute Gasteiger partial charge is 1.00 e. The molecule has 44 heavy (non-hydrogen) atoms. The quantitative estimate of drug-likeness (QED) is 0.0939. The van der Waals surface area contributed by atoms with Crippen molar-refractivity contribution in [2.45, 2.75) is 130 Å². The van der Waals surface area contributed by atoms with E-state index < -0.39 is 0 Å². The summed E-state index contributed by atoms with van der Waals surface area (Å²) in [4.78, 5) is 12.7. The number of amides is 2. The number of urea groups is 1. The number of carbonyl (C=O) groups is 1. The van der Waals surface area contributed by atoms with E-state index in [1.165, 1.54) is 89.0 Å². The molecule has 0 unspecified atom stereocenters. The molecule has 0 aliphatic rings. The predicted molar refractivity (Wildman–Crippen MR) is 184 cm³/mol. The lowest BCUT2D eigenvalue weighted by atomic mass is 9.86. The number of ether oxygens (including phenoxy) is 1. The van der Waals surface area contributed by atoms with E-state index in [1.807, 2.05) is 42.5 Å². The van der Waals surface area contributed by atoms with Crippen LogP contribution in [0.4, 0.5) is 16.2 Å². The number of carbonyl (C=O) groups excluding carboxylic acids is 1. The molecule has 0 aliphatic heterocycles. The molecule has 244 valence electrons. The third-order valence-electron chi connectivity index (χ3n) is 7.91. The maximum Gasteiger partial charge on any atom is 0.323 e. The van der Waals surface area contributed by atoms with Crippen molar-refractivity contribution in [3.8, 4) is 5.75 Å². The van der Waals surface area contributed by atoms with Crippen molar-refractivity contribution in [1.29, 1.82) is 0 Å². The average molecular weight is 687 g/mol. The Hall–Kier alpha value is -2.38. The second-order valence-corrected chi connectivity index (χ2v) is 13.6. The topological polar surface area (TPSA) is 54.2 Å². The van der Waals surface area contributed by atoms with E-state index in [-0.39, 0.29) is 28.4 Å². The minimum absolute atomic E-state index is 0. The van der Waals surface area contributed by atoms with Crippen LogP contribution in [0.5, 0.6) is 5.75 Å². The number of aromatic nitrogens is 1. The first-order chi connectivity index (χ1) is 20.8. The number of halogens is 1. The van der Waals surface area contributed by atoms with E-state index in [1.54, 1.807) is 11.3 Å². The van der Waals surface area contributed by atoms with Gasteiger partial charge in [0.15, 0.2) is 12.7 Å². The van der Waals surface area contributed by atoms with Crippen LogP contribution in [0, 0.1) is 0 Å². The molecule has 0 radical (unpaired) electrons. The highest BCUT2D eigenvalue weighted by Crippen LogP contribution is 2.34. The maximum atomic E-state index is 12.7. The minimum Gasteiger partial charge on any atom is -1.00 e. The molecule has 0 bridgehead atoms. The second kappa shape index (κ2) is 21.4. The zero-order valence-electron chi connectivity index (χ0n) is 27.6. The first kappa shape index (κ1) is 37.8. The third-order valence-corrected chi connectivity index (χ3v) is 8.58. The van der Waals surface area contributed by atoms with E-state index in [9.17, 15) is 4.79 Å². The third kappa shape index (κ3) is 15.1. The van der Waals surface area contributed by atoms with E-state index in [2.05, 4.69) is 60.0 Å². The van der Waals surface area contributed by atoms with Crippen molar-refractivity contribution < 1.29 is 31.1 Å². The van der Waals surface area contributed by atoms with Gasteiger partial charge in [0, 0.05) is 22.5 Å². The Labute approximate surface area is 282 Å².